The number of aliphatic hydroxyl groups is 1. The van der Waals surface area contributed by atoms with Crippen molar-refractivity contribution in [2.45, 2.75) is 31.4 Å². The van der Waals surface area contributed by atoms with E-state index in [1.807, 2.05) is 0 Å². The van der Waals surface area contributed by atoms with Gasteiger partial charge in [-0.1, -0.05) is 23.7 Å². The first kappa shape index (κ1) is 16.8. The first-order valence-corrected chi connectivity index (χ1v) is 7.89. The molecule has 2 N–H and O–H groups in total. The number of aliphatic hydroxyl groups excluding tert-OH is 1. The molecule has 2 unspecified atom stereocenters. The van der Waals surface area contributed by atoms with Gasteiger partial charge < -0.3 is 10.4 Å². The summed E-state index contributed by atoms with van der Waals surface area (Å²) in [5.74, 6) is -2.87. The van der Waals surface area contributed by atoms with Gasteiger partial charge in [-0.15, -0.1) is 0 Å². The molecule has 24 heavy (non-hydrogen) atoms. The van der Waals surface area contributed by atoms with Crippen molar-refractivity contribution in [2.24, 2.45) is 0 Å². The Kier molecular flexibility index (Phi) is 4.78. The molecule has 2 aromatic rings. The highest BCUT2D eigenvalue weighted by Crippen LogP contribution is 2.36. The number of amides is 1. The van der Waals surface area contributed by atoms with E-state index >= 15 is 0 Å². The lowest BCUT2D eigenvalue weighted by molar-refractivity contribution is -0.123. The Morgan fingerprint density at radius 3 is 2.92 bits per heavy atom. The lowest BCUT2D eigenvalue weighted by Gasteiger charge is -2.27. The van der Waals surface area contributed by atoms with Gasteiger partial charge >= 0.3 is 0 Å². The molecule has 1 aliphatic rings. The maximum Gasteiger partial charge on any atom is 0.227 e. The Morgan fingerprint density at radius 1 is 1.33 bits per heavy atom. The molecule has 0 bridgehead atoms. The van der Waals surface area contributed by atoms with Crippen LogP contribution in [-0.2, 0) is 11.3 Å². The lowest BCUT2D eigenvalue weighted by atomic mass is 9.83. The summed E-state index contributed by atoms with van der Waals surface area (Å²) in [6.07, 6.45) is 1.82. The Balaban J connectivity index is 1.75. The van der Waals surface area contributed by atoms with Crippen LogP contribution in [0.25, 0.3) is 0 Å². The average molecular weight is 353 g/mol. The first-order valence-electron chi connectivity index (χ1n) is 7.52. The van der Waals surface area contributed by atoms with Crippen molar-refractivity contribution in [1.82, 2.24) is 10.3 Å². The zero-order valence-electron chi connectivity index (χ0n) is 12.6. The van der Waals surface area contributed by atoms with Crippen molar-refractivity contribution < 1.29 is 18.7 Å². The van der Waals surface area contributed by atoms with E-state index < -0.39 is 23.7 Å². The second-order valence-corrected chi connectivity index (χ2v) is 6.05. The zero-order valence-corrected chi connectivity index (χ0v) is 13.4. The van der Waals surface area contributed by atoms with E-state index in [-0.39, 0.29) is 17.5 Å². The number of fused-ring (bicyclic) bond motifs is 1. The van der Waals surface area contributed by atoms with Crippen LogP contribution < -0.4 is 5.32 Å². The van der Waals surface area contributed by atoms with Crippen LogP contribution >= 0.6 is 11.6 Å². The number of carbonyl (C=O) groups is 1. The minimum atomic E-state index is -1.13. The van der Waals surface area contributed by atoms with E-state index in [9.17, 15) is 18.7 Å². The fourth-order valence-corrected chi connectivity index (χ4v) is 3.12. The van der Waals surface area contributed by atoms with E-state index in [4.69, 9.17) is 11.6 Å². The predicted molar refractivity (Wildman–Crippen MR) is 84.4 cm³/mol. The van der Waals surface area contributed by atoms with Crippen LogP contribution in [0.2, 0.25) is 5.02 Å². The van der Waals surface area contributed by atoms with Crippen molar-refractivity contribution in [2.75, 3.05) is 0 Å². The molecule has 0 aliphatic heterocycles. The molecule has 126 valence electrons. The van der Waals surface area contributed by atoms with Crippen LogP contribution in [0, 0.1) is 11.6 Å². The lowest BCUT2D eigenvalue weighted by Crippen LogP contribution is -2.32. The topological polar surface area (TPSA) is 62.2 Å². The number of nitrogens with zero attached hydrogens (tertiary/aromatic N) is 1. The van der Waals surface area contributed by atoms with Crippen LogP contribution in [0.15, 0.2) is 30.5 Å². The van der Waals surface area contributed by atoms with Crippen molar-refractivity contribution in [3.8, 4) is 0 Å². The Morgan fingerprint density at radius 2 is 2.12 bits per heavy atom. The molecule has 0 saturated carbocycles. The molecule has 0 radical (unpaired) electrons. The summed E-state index contributed by atoms with van der Waals surface area (Å²) < 4.78 is 26.5. The van der Waals surface area contributed by atoms with Gasteiger partial charge in [0.2, 0.25) is 5.91 Å². The summed E-state index contributed by atoms with van der Waals surface area (Å²) in [6, 6.07) is 5.78. The summed E-state index contributed by atoms with van der Waals surface area (Å²) in [4.78, 5) is 16.6. The number of aromatic nitrogens is 1. The number of rotatable bonds is 3. The van der Waals surface area contributed by atoms with Crippen LogP contribution in [0.3, 0.4) is 0 Å². The molecule has 2 atom stereocenters. The molecular formula is C17H15ClF2N2O2. The van der Waals surface area contributed by atoms with E-state index in [0.29, 0.717) is 29.7 Å². The molecular weight excluding hydrogens is 338 g/mol. The van der Waals surface area contributed by atoms with Gasteiger partial charge in [0.15, 0.2) is 11.6 Å². The molecule has 0 fully saturated rings. The molecule has 1 aromatic carbocycles. The largest absolute Gasteiger partial charge is 0.387 e. The van der Waals surface area contributed by atoms with Gasteiger partial charge in [0, 0.05) is 12.7 Å². The predicted octanol–water partition coefficient (Wildman–Crippen LogP) is 3.24. The maximum atomic E-state index is 13.5. The van der Waals surface area contributed by atoms with Crippen molar-refractivity contribution in [3.05, 3.63) is 63.9 Å². The van der Waals surface area contributed by atoms with Gasteiger partial charge in [-0.25, -0.2) is 8.78 Å². The fraction of sp³-hybridized carbons (Fsp3) is 0.294. The number of halogens is 3. The normalized spacial score (nSPS) is 19.7. The van der Waals surface area contributed by atoms with Crippen LogP contribution in [-0.4, -0.2) is 16.0 Å². The monoisotopic (exact) mass is 352 g/mol. The summed E-state index contributed by atoms with van der Waals surface area (Å²) in [7, 11) is 0. The number of benzene rings is 1. The van der Waals surface area contributed by atoms with Gasteiger partial charge in [-0.05, 0) is 36.1 Å². The van der Waals surface area contributed by atoms with Crippen LogP contribution in [0.5, 0.6) is 0 Å². The van der Waals surface area contributed by atoms with Gasteiger partial charge in [-0.2, -0.15) is 0 Å². The number of hydrogen-bond donors (Lipinski definition) is 2. The summed E-state index contributed by atoms with van der Waals surface area (Å²) in [5, 5.41) is 12.3. The number of nitrogens with one attached hydrogen (secondary N) is 1. The van der Waals surface area contributed by atoms with E-state index in [1.54, 1.807) is 18.3 Å². The van der Waals surface area contributed by atoms with E-state index in [1.165, 1.54) is 6.07 Å². The number of hydrogen-bond acceptors (Lipinski definition) is 3. The molecule has 1 aliphatic carbocycles. The van der Waals surface area contributed by atoms with Gasteiger partial charge in [0.1, 0.15) is 0 Å². The molecule has 4 nitrogen and oxygen atoms in total. The minimum absolute atomic E-state index is 0.0104. The minimum Gasteiger partial charge on any atom is -0.387 e. The smallest absolute Gasteiger partial charge is 0.227 e. The van der Waals surface area contributed by atoms with Crippen molar-refractivity contribution in [1.29, 1.82) is 0 Å². The molecule has 1 heterocycles. The van der Waals surface area contributed by atoms with Gasteiger partial charge in [-0.3, -0.25) is 9.78 Å². The second kappa shape index (κ2) is 6.83. The molecule has 0 saturated heterocycles. The highest BCUT2D eigenvalue weighted by atomic mass is 35.5. The standard InChI is InChI=1S/C17H15ClF2N2O2/c18-14-9(3-5-12(19)15(14)20)8-22-17(24)11-4-6-13(23)16-10(11)2-1-7-21-16/h1-3,5,7,11,13,23H,4,6,8H2,(H,22,24). The highest BCUT2D eigenvalue weighted by Gasteiger charge is 2.31. The quantitative estimate of drug-likeness (QED) is 0.834. The van der Waals surface area contributed by atoms with E-state index in [2.05, 4.69) is 10.3 Å². The third-order valence-electron chi connectivity index (χ3n) is 4.18. The summed E-state index contributed by atoms with van der Waals surface area (Å²) in [6.45, 7) is -0.0104. The number of pyridine rings is 1. The van der Waals surface area contributed by atoms with Crippen molar-refractivity contribution in [3.63, 3.8) is 0 Å². The summed E-state index contributed by atoms with van der Waals surface area (Å²) in [5.41, 5.74) is 1.49. The fourth-order valence-electron chi connectivity index (χ4n) is 2.90. The average Bonchev–Trinajstić information content (AvgIpc) is 2.59. The molecule has 0 spiro atoms. The molecule has 7 heteroatoms. The van der Waals surface area contributed by atoms with E-state index in [0.717, 1.165) is 6.07 Å². The van der Waals surface area contributed by atoms with Crippen LogP contribution in [0.4, 0.5) is 8.78 Å². The Bertz CT molecular complexity index is 785. The van der Waals surface area contributed by atoms with Gasteiger partial charge in [0.25, 0.3) is 0 Å². The Labute approximate surface area is 142 Å². The second-order valence-electron chi connectivity index (χ2n) is 5.68. The first-order chi connectivity index (χ1) is 11.5. The summed E-state index contributed by atoms with van der Waals surface area (Å²) >= 11 is 5.76. The maximum absolute atomic E-state index is 13.5. The third kappa shape index (κ3) is 3.12. The van der Waals surface area contributed by atoms with Gasteiger partial charge in [0.05, 0.1) is 22.7 Å². The highest BCUT2D eigenvalue weighted by molar-refractivity contribution is 6.31. The number of carbonyl (C=O) groups excluding carboxylic acids is 1. The molecule has 3 rings (SSSR count). The Hall–Kier alpha value is -2.05. The third-order valence-corrected chi connectivity index (χ3v) is 4.58. The SMILES string of the molecule is O=C(NCc1ccc(F)c(F)c1Cl)C1CCC(O)c2ncccc21. The zero-order chi connectivity index (χ0) is 17.3. The molecule has 1 aromatic heterocycles. The molecule has 1 amide bonds. The van der Waals surface area contributed by atoms with Crippen molar-refractivity contribution >= 4 is 17.5 Å². The van der Waals surface area contributed by atoms with Crippen LogP contribution in [0.1, 0.15) is 41.7 Å².